The molecular formula is C13H14BrNOS. The van der Waals surface area contributed by atoms with E-state index in [2.05, 4.69) is 39.4 Å². The van der Waals surface area contributed by atoms with Crippen molar-refractivity contribution in [1.82, 2.24) is 5.32 Å². The van der Waals surface area contributed by atoms with Gasteiger partial charge in [0.25, 0.3) is 0 Å². The van der Waals surface area contributed by atoms with Crippen molar-refractivity contribution in [2.45, 2.75) is 6.54 Å². The molecule has 0 radical (unpaired) electrons. The Morgan fingerprint density at radius 1 is 1.29 bits per heavy atom. The van der Waals surface area contributed by atoms with E-state index >= 15 is 0 Å². The number of thiophene rings is 1. The van der Waals surface area contributed by atoms with Gasteiger partial charge < -0.3 is 10.1 Å². The topological polar surface area (TPSA) is 21.3 Å². The first kappa shape index (κ1) is 12.6. The van der Waals surface area contributed by atoms with Crippen LogP contribution < -0.4 is 10.1 Å². The van der Waals surface area contributed by atoms with Gasteiger partial charge in [0.05, 0.1) is 7.11 Å². The molecule has 1 aromatic heterocycles. The second-order valence-electron chi connectivity index (χ2n) is 3.64. The normalized spacial score (nSPS) is 10.5. The smallest absolute Gasteiger partial charge is 0.127 e. The van der Waals surface area contributed by atoms with Crippen molar-refractivity contribution < 1.29 is 4.74 Å². The van der Waals surface area contributed by atoms with Crippen molar-refractivity contribution in [2.75, 3.05) is 14.2 Å². The molecule has 0 fully saturated rings. The van der Waals surface area contributed by atoms with Crippen LogP contribution >= 0.6 is 27.3 Å². The molecule has 0 aliphatic heterocycles. The highest BCUT2D eigenvalue weighted by Gasteiger charge is 2.09. The first-order valence-corrected chi connectivity index (χ1v) is 6.92. The fraction of sp³-hybridized carbons (Fsp3) is 0.231. The van der Waals surface area contributed by atoms with E-state index in [-0.39, 0.29) is 0 Å². The van der Waals surface area contributed by atoms with Crippen molar-refractivity contribution in [1.29, 1.82) is 0 Å². The molecule has 0 aliphatic carbocycles. The summed E-state index contributed by atoms with van der Waals surface area (Å²) in [4.78, 5) is 2.55. The lowest BCUT2D eigenvalue weighted by molar-refractivity contribution is 0.416. The van der Waals surface area contributed by atoms with Gasteiger partial charge in [-0.05, 0) is 37.4 Å². The van der Waals surface area contributed by atoms with Gasteiger partial charge in [0, 0.05) is 26.3 Å². The van der Waals surface area contributed by atoms with Crippen molar-refractivity contribution in [3.63, 3.8) is 0 Å². The summed E-state index contributed by atoms with van der Waals surface area (Å²) in [6.45, 7) is 0.904. The summed E-state index contributed by atoms with van der Waals surface area (Å²) in [5, 5.41) is 3.16. The van der Waals surface area contributed by atoms with Gasteiger partial charge >= 0.3 is 0 Å². The van der Waals surface area contributed by atoms with E-state index in [1.165, 1.54) is 9.75 Å². The SMILES string of the molecule is CNCc1ccc(-c2cc(Br)ccc2OC)s1. The third-order valence-electron chi connectivity index (χ3n) is 2.44. The van der Waals surface area contributed by atoms with Gasteiger partial charge in [0.1, 0.15) is 5.75 Å². The molecule has 4 heteroatoms. The van der Waals surface area contributed by atoms with Gasteiger partial charge in [0.15, 0.2) is 0 Å². The first-order chi connectivity index (χ1) is 8.24. The standard InChI is InChI=1S/C13H14BrNOS/c1-15-8-10-4-6-13(17-10)11-7-9(14)3-5-12(11)16-2/h3-7,15H,8H2,1-2H3. The average molecular weight is 312 g/mol. The summed E-state index contributed by atoms with van der Waals surface area (Å²) in [7, 11) is 3.66. The largest absolute Gasteiger partial charge is 0.496 e. The van der Waals surface area contributed by atoms with Gasteiger partial charge in [-0.2, -0.15) is 0 Å². The summed E-state index contributed by atoms with van der Waals surface area (Å²) < 4.78 is 6.46. The molecule has 0 atom stereocenters. The van der Waals surface area contributed by atoms with E-state index < -0.39 is 0 Å². The Balaban J connectivity index is 2.40. The van der Waals surface area contributed by atoms with E-state index in [0.717, 1.165) is 22.3 Å². The van der Waals surface area contributed by atoms with E-state index in [0.29, 0.717) is 0 Å². The second kappa shape index (κ2) is 5.67. The minimum absolute atomic E-state index is 0.904. The lowest BCUT2D eigenvalue weighted by Crippen LogP contribution is -2.02. The molecule has 1 N–H and O–H groups in total. The minimum Gasteiger partial charge on any atom is -0.496 e. The number of nitrogens with one attached hydrogen (secondary N) is 1. The van der Waals surface area contributed by atoms with E-state index in [1.807, 2.05) is 19.2 Å². The van der Waals surface area contributed by atoms with Gasteiger partial charge in [-0.1, -0.05) is 15.9 Å². The summed E-state index contributed by atoms with van der Waals surface area (Å²) in [6, 6.07) is 10.4. The molecule has 90 valence electrons. The number of halogens is 1. The Labute approximate surface area is 114 Å². The van der Waals surface area contributed by atoms with Crippen LogP contribution in [0.5, 0.6) is 5.75 Å². The predicted octanol–water partition coefficient (Wildman–Crippen LogP) is 3.91. The summed E-state index contributed by atoms with van der Waals surface area (Å²) in [5.74, 6) is 0.908. The van der Waals surface area contributed by atoms with E-state index in [1.54, 1.807) is 18.4 Å². The van der Waals surface area contributed by atoms with Crippen molar-refractivity contribution >= 4 is 27.3 Å². The molecule has 1 aromatic carbocycles. The zero-order valence-corrected chi connectivity index (χ0v) is 12.2. The molecule has 0 saturated heterocycles. The lowest BCUT2D eigenvalue weighted by Gasteiger charge is -2.06. The maximum atomic E-state index is 5.39. The quantitative estimate of drug-likeness (QED) is 0.924. The fourth-order valence-electron chi connectivity index (χ4n) is 1.66. The van der Waals surface area contributed by atoms with Gasteiger partial charge in [-0.15, -0.1) is 11.3 Å². The highest BCUT2D eigenvalue weighted by molar-refractivity contribution is 9.10. The fourth-order valence-corrected chi connectivity index (χ4v) is 3.07. The highest BCUT2D eigenvalue weighted by Crippen LogP contribution is 2.36. The Morgan fingerprint density at radius 3 is 2.82 bits per heavy atom. The number of hydrogen-bond donors (Lipinski definition) is 1. The van der Waals surface area contributed by atoms with Crippen LogP contribution in [0.2, 0.25) is 0 Å². The van der Waals surface area contributed by atoms with E-state index in [4.69, 9.17) is 4.74 Å². The summed E-state index contributed by atoms with van der Waals surface area (Å²) >= 11 is 5.28. The zero-order valence-electron chi connectivity index (χ0n) is 9.79. The Kier molecular flexibility index (Phi) is 4.20. The van der Waals surface area contributed by atoms with E-state index in [9.17, 15) is 0 Å². The van der Waals surface area contributed by atoms with Crippen molar-refractivity contribution in [3.05, 3.63) is 39.7 Å². The number of benzene rings is 1. The van der Waals surface area contributed by atoms with Crippen LogP contribution in [0, 0.1) is 0 Å². The monoisotopic (exact) mass is 311 g/mol. The number of ether oxygens (including phenoxy) is 1. The van der Waals surface area contributed by atoms with Crippen LogP contribution in [0.3, 0.4) is 0 Å². The molecule has 0 saturated carbocycles. The minimum atomic E-state index is 0.904. The molecule has 0 aliphatic rings. The molecule has 1 heterocycles. The number of hydrogen-bond acceptors (Lipinski definition) is 3. The molecule has 2 nitrogen and oxygen atoms in total. The molecule has 0 amide bonds. The maximum absolute atomic E-state index is 5.39. The molecule has 2 aromatic rings. The molecule has 2 rings (SSSR count). The van der Waals surface area contributed by atoms with Crippen LogP contribution in [-0.4, -0.2) is 14.2 Å². The third-order valence-corrected chi connectivity index (χ3v) is 4.05. The lowest BCUT2D eigenvalue weighted by atomic mass is 10.1. The van der Waals surface area contributed by atoms with Gasteiger partial charge in [0.2, 0.25) is 0 Å². The average Bonchev–Trinajstić information content (AvgIpc) is 2.78. The predicted molar refractivity (Wildman–Crippen MR) is 76.8 cm³/mol. The van der Waals surface area contributed by atoms with Gasteiger partial charge in [-0.3, -0.25) is 0 Å². The van der Waals surface area contributed by atoms with Crippen LogP contribution in [-0.2, 0) is 6.54 Å². The molecule has 0 spiro atoms. The highest BCUT2D eigenvalue weighted by atomic mass is 79.9. The van der Waals surface area contributed by atoms with Gasteiger partial charge in [-0.25, -0.2) is 0 Å². The van der Waals surface area contributed by atoms with Crippen LogP contribution in [0.15, 0.2) is 34.8 Å². The molecule has 0 unspecified atom stereocenters. The Hall–Kier alpha value is -0.840. The van der Waals surface area contributed by atoms with Crippen molar-refractivity contribution in [2.24, 2.45) is 0 Å². The Bertz CT molecular complexity index is 510. The summed E-state index contributed by atoms with van der Waals surface area (Å²) in [6.07, 6.45) is 0. The summed E-state index contributed by atoms with van der Waals surface area (Å²) in [5.41, 5.74) is 1.13. The molecule has 0 bridgehead atoms. The zero-order chi connectivity index (χ0) is 12.3. The van der Waals surface area contributed by atoms with Crippen LogP contribution in [0.25, 0.3) is 10.4 Å². The molecular weight excluding hydrogens is 298 g/mol. The Morgan fingerprint density at radius 2 is 2.12 bits per heavy atom. The molecule has 17 heavy (non-hydrogen) atoms. The maximum Gasteiger partial charge on any atom is 0.127 e. The second-order valence-corrected chi connectivity index (χ2v) is 5.72. The van der Waals surface area contributed by atoms with Crippen LogP contribution in [0.4, 0.5) is 0 Å². The number of methoxy groups -OCH3 is 1. The first-order valence-electron chi connectivity index (χ1n) is 5.32. The van der Waals surface area contributed by atoms with Crippen LogP contribution in [0.1, 0.15) is 4.88 Å². The van der Waals surface area contributed by atoms with Crippen molar-refractivity contribution in [3.8, 4) is 16.2 Å². The number of rotatable bonds is 4. The third kappa shape index (κ3) is 2.89.